The van der Waals surface area contributed by atoms with Crippen molar-refractivity contribution in [3.63, 3.8) is 0 Å². The predicted molar refractivity (Wildman–Crippen MR) is 51.9 cm³/mol. The summed E-state index contributed by atoms with van der Waals surface area (Å²) in [7, 11) is 3.99. The molecule has 0 saturated carbocycles. The van der Waals surface area contributed by atoms with E-state index < -0.39 is 0 Å². The van der Waals surface area contributed by atoms with Gasteiger partial charge in [-0.15, -0.1) is 0 Å². The summed E-state index contributed by atoms with van der Waals surface area (Å²) >= 11 is 0. The van der Waals surface area contributed by atoms with Crippen molar-refractivity contribution in [3.05, 3.63) is 11.7 Å². The van der Waals surface area contributed by atoms with Gasteiger partial charge in [0.1, 0.15) is 0 Å². The smallest absolute Gasteiger partial charge is 0.240 e. The molecule has 1 aliphatic rings. The van der Waals surface area contributed by atoms with Gasteiger partial charge in [-0.05, 0) is 27.1 Å². The third-order valence-electron chi connectivity index (χ3n) is 2.57. The minimum absolute atomic E-state index is 0.453. The molecule has 1 saturated heterocycles. The van der Waals surface area contributed by atoms with Crippen molar-refractivity contribution in [1.29, 1.82) is 0 Å². The van der Waals surface area contributed by atoms with Crippen molar-refractivity contribution in [2.75, 3.05) is 27.2 Å². The fraction of sp³-hybridized carbons (Fsp3) is 0.778. The molecule has 2 rings (SSSR count). The molecular weight excluding hydrogens is 180 g/mol. The Balaban J connectivity index is 2.02. The molecule has 14 heavy (non-hydrogen) atoms. The Hall–Kier alpha value is -0.940. The number of aromatic nitrogens is 2. The van der Waals surface area contributed by atoms with Crippen molar-refractivity contribution in [1.82, 2.24) is 20.4 Å². The average molecular weight is 196 g/mol. The monoisotopic (exact) mass is 196 g/mol. The topological polar surface area (TPSA) is 54.2 Å². The van der Waals surface area contributed by atoms with Gasteiger partial charge in [0.15, 0.2) is 5.82 Å². The van der Waals surface area contributed by atoms with Crippen LogP contribution in [-0.2, 0) is 6.54 Å². The molecule has 0 aliphatic carbocycles. The standard InChI is InChI=1S/C9H16N4O/c1-10-5-8-11-9(12-14-8)7-3-4-13(2)6-7/h7,10H,3-6H2,1-2H3. The summed E-state index contributed by atoms with van der Waals surface area (Å²) in [6.45, 7) is 2.81. The van der Waals surface area contributed by atoms with Gasteiger partial charge in [0.2, 0.25) is 5.89 Å². The Morgan fingerprint density at radius 3 is 3.14 bits per heavy atom. The van der Waals surface area contributed by atoms with Gasteiger partial charge in [-0.2, -0.15) is 4.98 Å². The van der Waals surface area contributed by atoms with Crippen LogP contribution in [0.25, 0.3) is 0 Å². The van der Waals surface area contributed by atoms with E-state index in [1.54, 1.807) is 0 Å². The van der Waals surface area contributed by atoms with Gasteiger partial charge < -0.3 is 14.7 Å². The Labute approximate surface area is 83.5 Å². The van der Waals surface area contributed by atoms with E-state index in [-0.39, 0.29) is 0 Å². The normalized spacial score (nSPS) is 23.1. The van der Waals surface area contributed by atoms with Crippen LogP contribution >= 0.6 is 0 Å². The molecule has 0 spiro atoms. The van der Waals surface area contributed by atoms with Crippen LogP contribution in [0.2, 0.25) is 0 Å². The van der Waals surface area contributed by atoms with E-state index in [1.165, 1.54) is 0 Å². The molecule has 0 amide bonds. The number of nitrogens with one attached hydrogen (secondary N) is 1. The summed E-state index contributed by atoms with van der Waals surface area (Å²) < 4.78 is 5.11. The molecule has 1 aliphatic heterocycles. The van der Waals surface area contributed by atoms with Crippen LogP contribution in [0.5, 0.6) is 0 Å². The highest BCUT2D eigenvalue weighted by Gasteiger charge is 2.25. The molecule has 1 fully saturated rings. The Bertz CT molecular complexity index is 299. The first-order chi connectivity index (χ1) is 6.79. The second-order valence-electron chi connectivity index (χ2n) is 3.82. The first-order valence-electron chi connectivity index (χ1n) is 4.95. The Kier molecular flexibility index (Phi) is 2.79. The predicted octanol–water partition coefficient (Wildman–Crippen LogP) is 0.208. The van der Waals surface area contributed by atoms with Crippen LogP contribution in [-0.4, -0.2) is 42.2 Å². The van der Waals surface area contributed by atoms with Gasteiger partial charge in [0, 0.05) is 12.5 Å². The number of nitrogens with zero attached hydrogens (tertiary/aromatic N) is 3. The van der Waals surface area contributed by atoms with Crippen LogP contribution in [0.3, 0.4) is 0 Å². The lowest BCUT2D eigenvalue weighted by Gasteiger charge is -2.05. The average Bonchev–Trinajstić information content (AvgIpc) is 2.74. The largest absolute Gasteiger partial charge is 0.338 e. The van der Waals surface area contributed by atoms with E-state index in [0.29, 0.717) is 18.4 Å². The van der Waals surface area contributed by atoms with Gasteiger partial charge in [-0.3, -0.25) is 0 Å². The fourth-order valence-electron chi connectivity index (χ4n) is 1.80. The highest BCUT2D eigenvalue weighted by atomic mass is 16.5. The number of likely N-dealkylation sites (N-methyl/N-ethyl adjacent to an activating group) is 1. The van der Waals surface area contributed by atoms with Gasteiger partial charge in [-0.25, -0.2) is 0 Å². The van der Waals surface area contributed by atoms with Crippen LogP contribution in [0.4, 0.5) is 0 Å². The van der Waals surface area contributed by atoms with Crippen molar-refractivity contribution < 1.29 is 4.52 Å². The maximum Gasteiger partial charge on any atom is 0.240 e. The molecule has 1 atom stereocenters. The summed E-state index contributed by atoms with van der Waals surface area (Å²) in [5, 5.41) is 6.99. The molecule has 0 aromatic carbocycles. The fourth-order valence-corrected chi connectivity index (χ4v) is 1.80. The molecule has 1 N–H and O–H groups in total. The summed E-state index contributed by atoms with van der Waals surface area (Å²) in [5.41, 5.74) is 0. The zero-order valence-electron chi connectivity index (χ0n) is 8.66. The van der Waals surface area contributed by atoms with Gasteiger partial charge in [0.05, 0.1) is 6.54 Å². The maximum atomic E-state index is 5.11. The molecule has 5 nitrogen and oxygen atoms in total. The Morgan fingerprint density at radius 2 is 2.50 bits per heavy atom. The van der Waals surface area contributed by atoms with Crippen LogP contribution in [0.1, 0.15) is 24.1 Å². The Morgan fingerprint density at radius 1 is 1.64 bits per heavy atom. The van der Waals surface area contributed by atoms with E-state index in [4.69, 9.17) is 4.52 Å². The van der Waals surface area contributed by atoms with E-state index in [2.05, 4.69) is 27.4 Å². The van der Waals surface area contributed by atoms with Crippen molar-refractivity contribution in [2.45, 2.75) is 18.9 Å². The van der Waals surface area contributed by atoms with Crippen molar-refractivity contribution >= 4 is 0 Å². The molecular formula is C9H16N4O. The minimum Gasteiger partial charge on any atom is -0.338 e. The second-order valence-corrected chi connectivity index (χ2v) is 3.82. The van der Waals surface area contributed by atoms with Gasteiger partial charge in [-0.1, -0.05) is 5.16 Å². The maximum absolute atomic E-state index is 5.11. The van der Waals surface area contributed by atoms with E-state index in [9.17, 15) is 0 Å². The van der Waals surface area contributed by atoms with Crippen LogP contribution in [0, 0.1) is 0 Å². The molecule has 78 valence electrons. The van der Waals surface area contributed by atoms with Crippen molar-refractivity contribution in [2.24, 2.45) is 0 Å². The summed E-state index contributed by atoms with van der Waals surface area (Å²) in [6.07, 6.45) is 1.13. The zero-order valence-corrected chi connectivity index (χ0v) is 8.66. The van der Waals surface area contributed by atoms with Gasteiger partial charge in [0.25, 0.3) is 0 Å². The summed E-state index contributed by atoms with van der Waals surface area (Å²) in [6, 6.07) is 0. The summed E-state index contributed by atoms with van der Waals surface area (Å²) in [4.78, 5) is 6.64. The number of hydrogen-bond acceptors (Lipinski definition) is 5. The third-order valence-corrected chi connectivity index (χ3v) is 2.57. The van der Waals surface area contributed by atoms with Crippen molar-refractivity contribution in [3.8, 4) is 0 Å². The molecule has 5 heteroatoms. The highest BCUT2D eigenvalue weighted by Crippen LogP contribution is 2.23. The first kappa shape index (κ1) is 9.61. The number of hydrogen-bond donors (Lipinski definition) is 1. The van der Waals surface area contributed by atoms with E-state index in [0.717, 1.165) is 25.3 Å². The third kappa shape index (κ3) is 1.93. The summed E-state index contributed by atoms with van der Waals surface area (Å²) in [5.74, 6) is 1.99. The second kappa shape index (κ2) is 4.06. The first-order valence-corrected chi connectivity index (χ1v) is 4.95. The lowest BCUT2D eigenvalue weighted by molar-refractivity contribution is 0.361. The SMILES string of the molecule is CNCc1nc(C2CCN(C)C2)no1. The number of rotatable bonds is 3. The zero-order chi connectivity index (χ0) is 9.97. The molecule has 1 aromatic rings. The van der Waals surface area contributed by atoms with Crippen LogP contribution in [0.15, 0.2) is 4.52 Å². The minimum atomic E-state index is 0.453. The lowest BCUT2D eigenvalue weighted by atomic mass is 10.1. The molecule has 0 bridgehead atoms. The molecule has 1 aromatic heterocycles. The lowest BCUT2D eigenvalue weighted by Crippen LogP contribution is -2.13. The van der Waals surface area contributed by atoms with Crippen LogP contribution < -0.4 is 5.32 Å². The van der Waals surface area contributed by atoms with Gasteiger partial charge >= 0.3 is 0 Å². The van der Waals surface area contributed by atoms with E-state index >= 15 is 0 Å². The molecule has 2 heterocycles. The molecule has 1 unspecified atom stereocenters. The highest BCUT2D eigenvalue weighted by molar-refractivity contribution is 4.99. The molecule has 0 radical (unpaired) electrons. The number of likely N-dealkylation sites (tertiary alicyclic amines) is 1. The van der Waals surface area contributed by atoms with E-state index in [1.807, 2.05) is 7.05 Å². The quantitative estimate of drug-likeness (QED) is 0.749.